The molecule has 2 heterocycles. The first-order chi connectivity index (χ1) is 11.4. The lowest BCUT2D eigenvalue weighted by Gasteiger charge is -2.36. The van der Waals surface area contributed by atoms with E-state index in [-0.39, 0.29) is 24.6 Å². The van der Waals surface area contributed by atoms with E-state index >= 15 is 0 Å². The van der Waals surface area contributed by atoms with E-state index in [1.807, 2.05) is 0 Å². The van der Waals surface area contributed by atoms with Crippen LogP contribution in [0, 0.1) is 5.82 Å². The predicted octanol–water partition coefficient (Wildman–Crippen LogP) is 3.74. The quantitative estimate of drug-likeness (QED) is 0.912. The summed E-state index contributed by atoms with van der Waals surface area (Å²) in [6, 6.07) is 5.12. The van der Waals surface area contributed by atoms with Crippen molar-refractivity contribution in [1.82, 2.24) is 4.98 Å². The first-order valence-corrected chi connectivity index (χ1v) is 7.48. The summed E-state index contributed by atoms with van der Waals surface area (Å²) in [5, 5.41) is 0.382. The molecule has 2 N–H and O–H groups in total. The average molecular weight is 356 g/mol. The van der Waals surface area contributed by atoms with Crippen molar-refractivity contribution in [1.29, 1.82) is 0 Å². The van der Waals surface area contributed by atoms with Gasteiger partial charge in [0.1, 0.15) is 5.82 Å². The number of ether oxygens (including phenoxy) is 1. The molecule has 0 spiro atoms. The van der Waals surface area contributed by atoms with Crippen molar-refractivity contribution in [2.24, 2.45) is 10.7 Å². The van der Waals surface area contributed by atoms with E-state index < -0.39 is 17.8 Å². The third-order valence-corrected chi connectivity index (χ3v) is 4.06. The molecule has 0 fully saturated rings. The molecule has 0 unspecified atom stereocenters. The molecule has 0 amide bonds. The maximum atomic E-state index is 14.3. The van der Waals surface area contributed by atoms with Crippen molar-refractivity contribution < 1.29 is 17.9 Å². The van der Waals surface area contributed by atoms with Crippen LogP contribution < -0.4 is 5.73 Å². The Bertz CT molecular complexity index is 800. The lowest BCUT2D eigenvalue weighted by atomic mass is 9.87. The fraction of sp³-hybridized carbons (Fsp3) is 0.250. The Morgan fingerprint density at radius 3 is 2.67 bits per heavy atom. The zero-order valence-electron chi connectivity index (χ0n) is 12.3. The molecule has 1 atom stereocenters. The van der Waals surface area contributed by atoms with E-state index in [4.69, 9.17) is 22.1 Å². The summed E-state index contributed by atoms with van der Waals surface area (Å²) in [5.41, 5.74) is 4.08. The topological polar surface area (TPSA) is 60.5 Å². The number of benzene rings is 1. The molecule has 0 radical (unpaired) electrons. The molecule has 24 heavy (non-hydrogen) atoms. The van der Waals surface area contributed by atoms with Crippen LogP contribution in [-0.2, 0) is 10.3 Å². The van der Waals surface area contributed by atoms with Crippen LogP contribution in [0.4, 0.5) is 13.2 Å². The molecule has 1 aliphatic heterocycles. The van der Waals surface area contributed by atoms with Gasteiger partial charge in [0.15, 0.2) is 0 Å². The van der Waals surface area contributed by atoms with E-state index in [0.29, 0.717) is 16.1 Å². The molecule has 0 bridgehead atoms. The third-order valence-electron chi connectivity index (χ3n) is 3.85. The predicted molar refractivity (Wildman–Crippen MR) is 84.5 cm³/mol. The van der Waals surface area contributed by atoms with Crippen molar-refractivity contribution >= 4 is 17.6 Å². The van der Waals surface area contributed by atoms with Gasteiger partial charge in [-0.1, -0.05) is 17.7 Å². The van der Waals surface area contributed by atoms with Crippen LogP contribution >= 0.6 is 11.6 Å². The van der Waals surface area contributed by atoms with E-state index in [2.05, 4.69) is 9.98 Å². The lowest BCUT2D eigenvalue weighted by molar-refractivity contribution is -0.103. The van der Waals surface area contributed by atoms with E-state index in [1.54, 1.807) is 6.07 Å². The standard InChI is InChI=1S/C16H13ClF3N3O/c17-11-5-10(7-22-8-11)9-1-2-13(18)12(6-9)16(14(19)20)3-4-23-15(21)24-16/h1-2,5-8,14H,3-4H2,(H2,21,23)/t16-/m1/s1. The van der Waals surface area contributed by atoms with Crippen molar-refractivity contribution in [3.05, 3.63) is 53.1 Å². The number of hydrogen-bond acceptors (Lipinski definition) is 4. The molecule has 0 saturated carbocycles. The highest BCUT2D eigenvalue weighted by molar-refractivity contribution is 6.30. The van der Waals surface area contributed by atoms with Gasteiger partial charge in [0.2, 0.25) is 5.60 Å². The number of amidine groups is 1. The van der Waals surface area contributed by atoms with Crippen LogP contribution in [0.1, 0.15) is 12.0 Å². The molecule has 1 aromatic heterocycles. The van der Waals surface area contributed by atoms with Gasteiger partial charge >= 0.3 is 0 Å². The number of aromatic nitrogens is 1. The summed E-state index contributed by atoms with van der Waals surface area (Å²) in [5.74, 6) is -0.802. The van der Waals surface area contributed by atoms with Gasteiger partial charge in [-0.15, -0.1) is 0 Å². The van der Waals surface area contributed by atoms with Gasteiger partial charge in [0, 0.05) is 36.5 Å². The monoisotopic (exact) mass is 355 g/mol. The van der Waals surface area contributed by atoms with Crippen LogP contribution in [0.25, 0.3) is 11.1 Å². The van der Waals surface area contributed by atoms with E-state index in [9.17, 15) is 13.2 Å². The molecule has 3 rings (SSSR count). The first-order valence-electron chi connectivity index (χ1n) is 7.10. The number of hydrogen-bond donors (Lipinski definition) is 1. The molecule has 1 aliphatic rings. The zero-order chi connectivity index (χ0) is 17.3. The van der Waals surface area contributed by atoms with Gasteiger partial charge in [-0.05, 0) is 23.8 Å². The number of alkyl halides is 2. The Morgan fingerprint density at radius 1 is 1.21 bits per heavy atom. The van der Waals surface area contributed by atoms with Crippen LogP contribution in [0.15, 0.2) is 41.7 Å². The largest absolute Gasteiger partial charge is 0.448 e. The van der Waals surface area contributed by atoms with E-state index in [0.717, 1.165) is 6.07 Å². The number of aliphatic imine (C=N–C) groups is 1. The second kappa shape index (κ2) is 6.32. The Kier molecular flexibility index (Phi) is 4.36. The number of rotatable bonds is 3. The second-order valence-corrected chi connectivity index (χ2v) is 5.79. The fourth-order valence-corrected chi connectivity index (χ4v) is 2.84. The van der Waals surface area contributed by atoms with Gasteiger partial charge in [0.25, 0.3) is 12.4 Å². The molecular formula is C16H13ClF3N3O. The molecule has 0 aliphatic carbocycles. The molecule has 8 heteroatoms. The number of halogens is 4. The third kappa shape index (κ3) is 2.91. The van der Waals surface area contributed by atoms with Crippen molar-refractivity contribution in [2.45, 2.75) is 18.4 Å². The van der Waals surface area contributed by atoms with Crippen molar-refractivity contribution in [3.63, 3.8) is 0 Å². The Morgan fingerprint density at radius 2 is 2.00 bits per heavy atom. The highest BCUT2D eigenvalue weighted by Gasteiger charge is 2.48. The zero-order valence-corrected chi connectivity index (χ0v) is 13.1. The minimum atomic E-state index is -2.98. The maximum absolute atomic E-state index is 14.3. The summed E-state index contributed by atoms with van der Waals surface area (Å²) in [7, 11) is 0. The van der Waals surface area contributed by atoms with Gasteiger partial charge in [-0.2, -0.15) is 0 Å². The van der Waals surface area contributed by atoms with E-state index in [1.165, 1.54) is 24.5 Å². The summed E-state index contributed by atoms with van der Waals surface area (Å²) >= 11 is 5.90. The Labute approximate surface area is 141 Å². The van der Waals surface area contributed by atoms with Crippen LogP contribution in [-0.4, -0.2) is 24.0 Å². The Hall–Kier alpha value is -2.28. The molecular weight excluding hydrogens is 343 g/mol. The summed E-state index contributed by atoms with van der Waals surface area (Å²) in [6.45, 7) is 0.0264. The summed E-state index contributed by atoms with van der Waals surface area (Å²) in [4.78, 5) is 7.69. The average Bonchev–Trinajstić information content (AvgIpc) is 2.55. The highest BCUT2D eigenvalue weighted by Crippen LogP contribution is 2.40. The minimum absolute atomic E-state index is 0.0264. The smallest absolute Gasteiger partial charge is 0.283 e. The lowest BCUT2D eigenvalue weighted by Crippen LogP contribution is -2.45. The number of nitrogens with two attached hydrogens (primary N) is 1. The van der Waals surface area contributed by atoms with Crippen LogP contribution in [0.2, 0.25) is 5.02 Å². The van der Waals surface area contributed by atoms with Gasteiger partial charge in [-0.3, -0.25) is 4.98 Å². The van der Waals surface area contributed by atoms with Crippen LogP contribution in [0.3, 0.4) is 0 Å². The maximum Gasteiger partial charge on any atom is 0.283 e. The van der Waals surface area contributed by atoms with Crippen LogP contribution in [0.5, 0.6) is 0 Å². The summed E-state index contributed by atoms with van der Waals surface area (Å²) < 4.78 is 47.0. The minimum Gasteiger partial charge on any atom is -0.448 e. The van der Waals surface area contributed by atoms with Gasteiger partial charge < -0.3 is 10.5 Å². The normalized spacial score (nSPS) is 20.6. The molecule has 126 valence electrons. The molecule has 0 saturated heterocycles. The van der Waals surface area contributed by atoms with Crippen molar-refractivity contribution in [2.75, 3.05) is 6.54 Å². The summed E-state index contributed by atoms with van der Waals surface area (Å²) in [6.07, 6.45) is -0.208. The SMILES string of the molecule is NC1=NCC[C@@](c2cc(-c3cncc(Cl)c3)ccc2F)(C(F)F)O1. The second-order valence-electron chi connectivity index (χ2n) is 5.35. The number of pyridine rings is 1. The van der Waals surface area contributed by atoms with Gasteiger partial charge in [0.05, 0.1) is 5.02 Å². The molecule has 4 nitrogen and oxygen atoms in total. The molecule has 2 aromatic rings. The fourth-order valence-electron chi connectivity index (χ4n) is 2.66. The van der Waals surface area contributed by atoms with Crippen molar-refractivity contribution in [3.8, 4) is 11.1 Å². The highest BCUT2D eigenvalue weighted by atomic mass is 35.5. The number of nitrogens with zero attached hydrogens (tertiary/aromatic N) is 2. The first kappa shape index (κ1) is 16.6. The Balaban J connectivity index is 2.13. The molecule has 1 aromatic carbocycles. The van der Waals surface area contributed by atoms with Gasteiger partial charge in [-0.25, -0.2) is 18.2 Å².